The number of hydrogen-bond donors (Lipinski definition) is 1. The lowest BCUT2D eigenvalue weighted by atomic mass is 10.2. The Labute approximate surface area is 108 Å². The second-order valence-corrected chi connectivity index (χ2v) is 4.04. The highest BCUT2D eigenvalue weighted by molar-refractivity contribution is 5.45. The lowest BCUT2D eigenvalue weighted by Crippen LogP contribution is -2.21. The Balaban J connectivity index is 2.39. The first-order valence-electron chi connectivity index (χ1n) is 6.40. The van der Waals surface area contributed by atoms with E-state index in [1.165, 1.54) is 6.07 Å². The molecule has 0 saturated heterocycles. The van der Waals surface area contributed by atoms with Gasteiger partial charge in [-0.2, -0.15) is 0 Å². The third kappa shape index (κ3) is 5.02. The Kier molecular flexibility index (Phi) is 6.68. The maximum absolute atomic E-state index is 13.5. The van der Waals surface area contributed by atoms with Crippen molar-refractivity contribution >= 4 is 5.69 Å². The van der Waals surface area contributed by atoms with E-state index in [1.807, 2.05) is 26.8 Å². The molecule has 1 N–H and O–H groups in total. The van der Waals surface area contributed by atoms with Crippen molar-refractivity contribution in [3.63, 3.8) is 0 Å². The van der Waals surface area contributed by atoms with Gasteiger partial charge in [-0.15, -0.1) is 0 Å². The number of rotatable bonds is 8. The fourth-order valence-electron chi connectivity index (χ4n) is 1.67. The van der Waals surface area contributed by atoms with E-state index in [2.05, 4.69) is 5.32 Å². The van der Waals surface area contributed by atoms with Crippen molar-refractivity contribution in [2.45, 2.75) is 33.5 Å². The maximum Gasteiger partial charge on any atom is 0.159 e. The summed E-state index contributed by atoms with van der Waals surface area (Å²) in [6.07, 6.45) is 0.468. The molecule has 1 rings (SSSR count). The van der Waals surface area contributed by atoms with Gasteiger partial charge in [-0.3, -0.25) is 0 Å². The second-order valence-electron chi connectivity index (χ2n) is 4.04. The van der Waals surface area contributed by atoms with Crippen LogP contribution in [0.4, 0.5) is 10.1 Å². The molecule has 4 heteroatoms. The average molecular weight is 255 g/mol. The molecule has 1 aromatic carbocycles. The van der Waals surface area contributed by atoms with Crippen molar-refractivity contribution in [2.24, 2.45) is 0 Å². The standard InChI is InChI=1S/C14H22FNO2/c1-4-17-14(18-5-2)8-9-16-13-7-6-11(3)10-12(13)15/h6-7,10,14,16H,4-5,8-9H2,1-3H3. The summed E-state index contributed by atoms with van der Waals surface area (Å²) in [5, 5.41) is 3.05. The summed E-state index contributed by atoms with van der Waals surface area (Å²) in [7, 11) is 0. The van der Waals surface area contributed by atoms with Crippen LogP contribution in [0.5, 0.6) is 0 Å². The van der Waals surface area contributed by atoms with Crippen LogP contribution in [-0.2, 0) is 9.47 Å². The summed E-state index contributed by atoms with van der Waals surface area (Å²) in [6.45, 7) is 7.57. The molecule has 0 spiro atoms. The first kappa shape index (κ1) is 14.9. The van der Waals surface area contributed by atoms with E-state index < -0.39 is 0 Å². The van der Waals surface area contributed by atoms with E-state index in [4.69, 9.17) is 9.47 Å². The summed E-state index contributed by atoms with van der Waals surface area (Å²) in [5.41, 5.74) is 1.44. The minimum absolute atomic E-state index is 0.221. The van der Waals surface area contributed by atoms with Gasteiger partial charge in [0.2, 0.25) is 0 Å². The molecule has 0 unspecified atom stereocenters. The van der Waals surface area contributed by atoms with E-state index in [0.717, 1.165) is 5.56 Å². The van der Waals surface area contributed by atoms with Gasteiger partial charge >= 0.3 is 0 Å². The summed E-state index contributed by atoms with van der Waals surface area (Å²) in [6, 6.07) is 5.15. The summed E-state index contributed by atoms with van der Waals surface area (Å²) in [4.78, 5) is 0. The fourth-order valence-corrected chi connectivity index (χ4v) is 1.67. The largest absolute Gasteiger partial charge is 0.382 e. The number of benzene rings is 1. The smallest absolute Gasteiger partial charge is 0.159 e. The number of nitrogens with one attached hydrogen (secondary N) is 1. The minimum Gasteiger partial charge on any atom is -0.382 e. The molecule has 0 atom stereocenters. The number of halogens is 1. The predicted molar refractivity (Wildman–Crippen MR) is 71.3 cm³/mol. The van der Waals surface area contributed by atoms with Crippen LogP contribution in [0.25, 0.3) is 0 Å². The molecule has 1 aromatic rings. The molecule has 0 saturated carbocycles. The summed E-state index contributed by atoms with van der Waals surface area (Å²) >= 11 is 0. The van der Waals surface area contributed by atoms with Crippen LogP contribution in [0.3, 0.4) is 0 Å². The maximum atomic E-state index is 13.5. The average Bonchev–Trinajstić information content (AvgIpc) is 2.32. The van der Waals surface area contributed by atoms with Gasteiger partial charge in [0.1, 0.15) is 5.82 Å². The molecule has 0 radical (unpaired) electrons. The van der Waals surface area contributed by atoms with Gasteiger partial charge < -0.3 is 14.8 Å². The molecule has 0 amide bonds. The quantitative estimate of drug-likeness (QED) is 0.723. The lowest BCUT2D eigenvalue weighted by molar-refractivity contribution is -0.137. The monoisotopic (exact) mass is 255 g/mol. The van der Waals surface area contributed by atoms with Crippen LogP contribution in [0.2, 0.25) is 0 Å². The molecule has 102 valence electrons. The Morgan fingerprint density at radius 1 is 1.22 bits per heavy atom. The van der Waals surface area contributed by atoms with Gasteiger partial charge in [0.15, 0.2) is 6.29 Å². The lowest BCUT2D eigenvalue weighted by Gasteiger charge is -2.17. The Morgan fingerprint density at radius 2 is 1.89 bits per heavy atom. The van der Waals surface area contributed by atoms with Gasteiger partial charge in [0, 0.05) is 26.2 Å². The highest BCUT2D eigenvalue weighted by Crippen LogP contribution is 2.15. The molecule has 3 nitrogen and oxygen atoms in total. The number of ether oxygens (including phenoxy) is 2. The molecule has 0 heterocycles. The van der Waals surface area contributed by atoms with Crippen molar-refractivity contribution in [1.29, 1.82) is 0 Å². The Hall–Kier alpha value is -1.13. The van der Waals surface area contributed by atoms with Crippen molar-refractivity contribution in [1.82, 2.24) is 0 Å². The van der Waals surface area contributed by atoms with Gasteiger partial charge in [-0.25, -0.2) is 4.39 Å². The van der Waals surface area contributed by atoms with Crippen molar-refractivity contribution < 1.29 is 13.9 Å². The van der Waals surface area contributed by atoms with E-state index >= 15 is 0 Å². The van der Waals surface area contributed by atoms with Crippen LogP contribution in [0, 0.1) is 12.7 Å². The first-order chi connectivity index (χ1) is 8.67. The Morgan fingerprint density at radius 3 is 2.44 bits per heavy atom. The van der Waals surface area contributed by atoms with E-state index in [9.17, 15) is 4.39 Å². The SMILES string of the molecule is CCOC(CCNc1ccc(C)cc1F)OCC. The zero-order valence-electron chi connectivity index (χ0n) is 11.3. The summed E-state index contributed by atoms with van der Waals surface area (Å²) in [5.74, 6) is -0.223. The zero-order chi connectivity index (χ0) is 13.4. The third-order valence-electron chi connectivity index (χ3n) is 2.53. The first-order valence-corrected chi connectivity index (χ1v) is 6.40. The van der Waals surface area contributed by atoms with Crippen molar-refractivity contribution in [2.75, 3.05) is 25.1 Å². The van der Waals surface area contributed by atoms with Gasteiger partial charge in [0.25, 0.3) is 0 Å². The highest BCUT2D eigenvalue weighted by Gasteiger charge is 2.08. The van der Waals surface area contributed by atoms with Gasteiger partial charge in [-0.1, -0.05) is 6.07 Å². The fraction of sp³-hybridized carbons (Fsp3) is 0.571. The predicted octanol–water partition coefficient (Wildman–Crippen LogP) is 3.34. The van der Waals surface area contributed by atoms with Crippen molar-refractivity contribution in [3.05, 3.63) is 29.6 Å². The molecule has 0 aliphatic heterocycles. The molecular weight excluding hydrogens is 233 g/mol. The second kappa shape index (κ2) is 8.06. The molecule has 18 heavy (non-hydrogen) atoms. The van der Waals surface area contributed by atoms with Crippen LogP contribution in [0.1, 0.15) is 25.8 Å². The molecule has 0 bridgehead atoms. The third-order valence-corrected chi connectivity index (χ3v) is 2.53. The zero-order valence-corrected chi connectivity index (χ0v) is 11.3. The number of hydrogen-bond acceptors (Lipinski definition) is 3. The number of anilines is 1. The topological polar surface area (TPSA) is 30.5 Å². The van der Waals surface area contributed by atoms with Gasteiger partial charge in [-0.05, 0) is 38.5 Å². The minimum atomic E-state index is -0.223. The molecule has 0 fully saturated rings. The van der Waals surface area contributed by atoms with Crippen molar-refractivity contribution in [3.8, 4) is 0 Å². The van der Waals surface area contributed by atoms with E-state index in [-0.39, 0.29) is 12.1 Å². The molecule has 0 aliphatic carbocycles. The molecular formula is C14H22FNO2. The van der Waals surface area contributed by atoms with E-state index in [0.29, 0.717) is 31.9 Å². The normalized spacial score (nSPS) is 10.9. The molecule has 0 aliphatic rings. The van der Waals surface area contributed by atoms with E-state index in [1.54, 1.807) is 6.07 Å². The van der Waals surface area contributed by atoms with Gasteiger partial charge in [0.05, 0.1) is 5.69 Å². The highest BCUT2D eigenvalue weighted by atomic mass is 19.1. The van der Waals surface area contributed by atoms with Crippen LogP contribution in [0.15, 0.2) is 18.2 Å². The van der Waals surface area contributed by atoms with Crippen LogP contribution < -0.4 is 5.32 Å². The molecule has 0 aromatic heterocycles. The van der Waals surface area contributed by atoms with Crippen LogP contribution in [-0.4, -0.2) is 26.0 Å². The summed E-state index contributed by atoms with van der Waals surface area (Å²) < 4.78 is 24.4. The Bertz CT molecular complexity index is 352. The number of aryl methyl sites for hydroxylation is 1. The van der Waals surface area contributed by atoms with Crippen LogP contribution >= 0.6 is 0 Å².